The molecule has 0 spiro atoms. The van der Waals surface area contributed by atoms with Crippen molar-refractivity contribution in [3.63, 3.8) is 0 Å². The molecule has 20 heavy (non-hydrogen) atoms. The van der Waals surface area contributed by atoms with E-state index >= 15 is 0 Å². The molecule has 2 N–H and O–H groups in total. The lowest BCUT2D eigenvalue weighted by molar-refractivity contribution is 0.149. The van der Waals surface area contributed by atoms with Gasteiger partial charge in [-0.05, 0) is 46.8 Å². The van der Waals surface area contributed by atoms with Crippen LogP contribution in [0.4, 0.5) is 5.95 Å². The first kappa shape index (κ1) is 13.8. The number of pyridine rings is 1. The highest BCUT2D eigenvalue weighted by Gasteiger charge is 2.35. The Labute approximate surface area is 126 Å². The standard InChI is InChI=1S/C14H19BrN4O/c1-10-4-2-6-14(8-10,9-20)17-13-16-12-11(15)5-3-7-19(12)18-13/h3,5,7,10,20H,2,4,6,8-9H2,1H3,(H,17,18). The number of nitrogens with zero attached hydrogens (tertiary/aromatic N) is 3. The van der Waals surface area contributed by atoms with E-state index in [0.29, 0.717) is 11.9 Å². The Morgan fingerprint density at radius 3 is 3.15 bits per heavy atom. The van der Waals surface area contributed by atoms with Crippen LogP contribution in [0.5, 0.6) is 0 Å². The van der Waals surface area contributed by atoms with Gasteiger partial charge in [-0.25, -0.2) is 4.52 Å². The Bertz CT molecular complexity index is 614. The molecule has 2 heterocycles. The number of rotatable bonds is 3. The fraction of sp³-hybridized carbons (Fsp3) is 0.571. The van der Waals surface area contributed by atoms with Crippen molar-refractivity contribution < 1.29 is 5.11 Å². The van der Waals surface area contributed by atoms with Crippen LogP contribution < -0.4 is 5.32 Å². The molecule has 1 fully saturated rings. The summed E-state index contributed by atoms with van der Waals surface area (Å²) in [6, 6.07) is 3.86. The van der Waals surface area contributed by atoms with E-state index in [9.17, 15) is 5.11 Å². The van der Waals surface area contributed by atoms with Crippen LogP contribution in [0.3, 0.4) is 0 Å². The fourth-order valence-electron chi connectivity index (χ4n) is 3.12. The minimum Gasteiger partial charge on any atom is -0.394 e. The second-order valence-corrected chi connectivity index (χ2v) is 6.68. The molecule has 1 aliphatic carbocycles. The lowest BCUT2D eigenvalue weighted by atomic mass is 9.77. The maximum Gasteiger partial charge on any atom is 0.243 e. The van der Waals surface area contributed by atoms with E-state index in [4.69, 9.17) is 0 Å². The molecule has 1 saturated carbocycles. The maximum atomic E-state index is 9.82. The van der Waals surface area contributed by atoms with Crippen molar-refractivity contribution in [2.75, 3.05) is 11.9 Å². The van der Waals surface area contributed by atoms with E-state index in [1.165, 1.54) is 6.42 Å². The smallest absolute Gasteiger partial charge is 0.243 e. The van der Waals surface area contributed by atoms with Gasteiger partial charge in [0.25, 0.3) is 0 Å². The van der Waals surface area contributed by atoms with Crippen LogP contribution in [0.1, 0.15) is 32.6 Å². The number of hydrogen-bond donors (Lipinski definition) is 2. The molecule has 5 nitrogen and oxygen atoms in total. The summed E-state index contributed by atoms with van der Waals surface area (Å²) in [5.74, 6) is 1.20. The zero-order valence-electron chi connectivity index (χ0n) is 11.5. The maximum absolute atomic E-state index is 9.82. The van der Waals surface area contributed by atoms with Crippen molar-refractivity contribution in [2.24, 2.45) is 5.92 Å². The van der Waals surface area contributed by atoms with Crippen molar-refractivity contribution >= 4 is 27.5 Å². The fourth-order valence-corrected chi connectivity index (χ4v) is 3.54. The predicted molar refractivity (Wildman–Crippen MR) is 81.8 cm³/mol. The minimum absolute atomic E-state index is 0.119. The Morgan fingerprint density at radius 2 is 2.45 bits per heavy atom. The average molecular weight is 339 g/mol. The van der Waals surface area contributed by atoms with Crippen molar-refractivity contribution in [2.45, 2.75) is 38.1 Å². The van der Waals surface area contributed by atoms with Crippen LogP contribution in [0, 0.1) is 5.92 Å². The third kappa shape index (κ3) is 2.54. The molecule has 0 amide bonds. The van der Waals surface area contributed by atoms with Gasteiger partial charge in [-0.15, -0.1) is 5.10 Å². The van der Waals surface area contributed by atoms with E-state index in [2.05, 4.69) is 38.3 Å². The molecule has 2 unspecified atom stereocenters. The summed E-state index contributed by atoms with van der Waals surface area (Å²) in [6.07, 6.45) is 6.15. The third-order valence-corrected chi connectivity index (χ3v) is 4.70. The van der Waals surface area contributed by atoms with Crippen LogP contribution in [0.15, 0.2) is 22.8 Å². The SMILES string of the molecule is CC1CCCC(CO)(Nc2nc3c(Br)cccn3n2)C1. The molecule has 0 aliphatic heterocycles. The van der Waals surface area contributed by atoms with E-state index in [-0.39, 0.29) is 12.1 Å². The van der Waals surface area contributed by atoms with Gasteiger partial charge in [0.1, 0.15) is 0 Å². The van der Waals surface area contributed by atoms with Crippen LogP contribution >= 0.6 is 15.9 Å². The largest absolute Gasteiger partial charge is 0.394 e. The lowest BCUT2D eigenvalue weighted by Gasteiger charge is -2.39. The second kappa shape index (κ2) is 5.33. The number of anilines is 1. The van der Waals surface area contributed by atoms with E-state index in [0.717, 1.165) is 29.4 Å². The van der Waals surface area contributed by atoms with Gasteiger partial charge in [0.2, 0.25) is 5.95 Å². The van der Waals surface area contributed by atoms with Crippen LogP contribution in [-0.2, 0) is 0 Å². The zero-order valence-corrected chi connectivity index (χ0v) is 13.1. The van der Waals surface area contributed by atoms with Crippen LogP contribution in [-0.4, -0.2) is 31.9 Å². The van der Waals surface area contributed by atoms with Crippen molar-refractivity contribution in [1.82, 2.24) is 14.6 Å². The Kier molecular flexibility index (Phi) is 3.69. The minimum atomic E-state index is -0.283. The highest BCUT2D eigenvalue weighted by atomic mass is 79.9. The average Bonchev–Trinajstić information content (AvgIpc) is 2.82. The molecule has 3 rings (SSSR count). The van der Waals surface area contributed by atoms with Crippen LogP contribution in [0.2, 0.25) is 0 Å². The second-order valence-electron chi connectivity index (χ2n) is 5.82. The summed E-state index contributed by atoms with van der Waals surface area (Å²) in [5, 5.41) is 17.6. The van der Waals surface area contributed by atoms with Crippen LogP contribution in [0.25, 0.3) is 5.65 Å². The third-order valence-electron chi connectivity index (χ3n) is 4.09. The summed E-state index contributed by atoms with van der Waals surface area (Å²) in [4.78, 5) is 4.51. The van der Waals surface area contributed by atoms with E-state index in [1.54, 1.807) is 4.52 Å². The summed E-state index contributed by atoms with van der Waals surface area (Å²) in [7, 11) is 0. The first-order valence-electron chi connectivity index (χ1n) is 7.02. The first-order chi connectivity index (χ1) is 9.62. The van der Waals surface area contributed by atoms with Gasteiger partial charge in [-0.3, -0.25) is 0 Å². The molecule has 0 bridgehead atoms. The van der Waals surface area contributed by atoms with Gasteiger partial charge in [-0.2, -0.15) is 4.98 Å². The van der Waals surface area contributed by atoms with Gasteiger partial charge in [0, 0.05) is 6.20 Å². The normalized spacial score (nSPS) is 26.9. The van der Waals surface area contributed by atoms with Gasteiger partial charge in [-0.1, -0.05) is 19.8 Å². The highest BCUT2D eigenvalue weighted by Crippen LogP contribution is 2.34. The molecule has 2 atom stereocenters. The molecular weight excluding hydrogens is 320 g/mol. The topological polar surface area (TPSA) is 62.5 Å². The summed E-state index contributed by atoms with van der Waals surface area (Å²) >= 11 is 3.47. The van der Waals surface area contributed by atoms with Gasteiger partial charge >= 0.3 is 0 Å². The zero-order chi connectivity index (χ0) is 14.2. The van der Waals surface area contributed by atoms with Gasteiger partial charge < -0.3 is 10.4 Å². The molecule has 108 valence electrons. The lowest BCUT2D eigenvalue weighted by Crippen LogP contribution is -2.46. The molecule has 6 heteroatoms. The molecule has 2 aromatic rings. The quantitative estimate of drug-likeness (QED) is 0.903. The summed E-state index contributed by atoms with van der Waals surface area (Å²) in [6.45, 7) is 2.35. The monoisotopic (exact) mass is 338 g/mol. The molecule has 0 radical (unpaired) electrons. The molecule has 0 saturated heterocycles. The van der Waals surface area contributed by atoms with E-state index < -0.39 is 0 Å². The molecule has 0 aromatic carbocycles. The van der Waals surface area contributed by atoms with Crippen molar-refractivity contribution in [1.29, 1.82) is 0 Å². The number of nitrogens with one attached hydrogen (secondary N) is 1. The number of aliphatic hydroxyl groups is 1. The Hall–Kier alpha value is -1.14. The van der Waals surface area contributed by atoms with Gasteiger partial charge in [0.05, 0.1) is 16.6 Å². The number of halogens is 1. The Balaban J connectivity index is 1.89. The summed E-state index contributed by atoms with van der Waals surface area (Å²) < 4.78 is 2.65. The number of aromatic nitrogens is 3. The van der Waals surface area contributed by atoms with Gasteiger partial charge in [0.15, 0.2) is 5.65 Å². The first-order valence-corrected chi connectivity index (χ1v) is 7.81. The Morgan fingerprint density at radius 1 is 1.60 bits per heavy atom. The molecule has 1 aliphatic rings. The summed E-state index contributed by atoms with van der Waals surface area (Å²) in [5.41, 5.74) is 0.502. The number of fused-ring (bicyclic) bond motifs is 1. The van der Waals surface area contributed by atoms with E-state index in [1.807, 2.05) is 18.3 Å². The number of aliphatic hydroxyl groups excluding tert-OH is 1. The highest BCUT2D eigenvalue weighted by molar-refractivity contribution is 9.10. The van der Waals surface area contributed by atoms with Crippen molar-refractivity contribution in [3.8, 4) is 0 Å². The van der Waals surface area contributed by atoms with Crippen molar-refractivity contribution in [3.05, 3.63) is 22.8 Å². The molecular formula is C14H19BrN4O. The molecule has 2 aromatic heterocycles. The predicted octanol–water partition coefficient (Wildman–Crippen LogP) is 2.84. The number of hydrogen-bond acceptors (Lipinski definition) is 4.